The molecule has 2 aromatic rings. The van der Waals surface area contributed by atoms with E-state index < -0.39 is 0 Å². The first-order valence-electron chi connectivity index (χ1n) is 7.70. The summed E-state index contributed by atoms with van der Waals surface area (Å²) in [6, 6.07) is 4.38. The zero-order valence-corrected chi connectivity index (χ0v) is 12.6. The van der Waals surface area contributed by atoms with E-state index in [2.05, 4.69) is 27.7 Å². The van der Waals surface area contributed by atoms with Crippen molar-refractivity contribution in [1.82, 2.24) is 10.3 Å². The van der Waals surface area contributed by atoms with Gasteiger partial charge in [0, 0.05) is 35.9 Å². The summed E-state index contributed by atoms with van der Waals surface area (Å²) in [7, 11) is 0. The van der Waals surface area contributed by atoms with Crippen molar-refractivity contribution in [3.8, 4) is 0 Å². The highest BCUT2D eigenvalue weighted by molar-refractivity contribution is 7.17. The van der Waals surface area contributed by atoms with Crippen LogP contribution in [0.2, 0.25) is 0 Å². The topological polar surface area (TPSA) is 28.2 Å². The number of anilines is 1. The zero-order valence-electron chi connectivity index (χ0n) is 11.8. The van der Waals surface area contributed by atoms with Crippen LogP contribution in [0.15, 0.2) is 23.7 Å². The molecular weight excluding hydrogens is 266 g/mol. The van der Waals surface area contributed by atoms with Crippen molar-refractivity contribution in [3.05, 3.63) is 23.7 Å². The Bertz CT molecular complexity index is 592. The molecule has 0 atom stereocenters. The third-order valence-electron chi connectivity index (χ3n) is 4.94. The van der Waals surface area contributed by atoms with Gasteiger partial charge in [-0.25, -0.2) is 4.98 Å². The Hall–Kier alpha value is -1.13. The molecule has 2 aliphatic rings. The molecule has 0 unspecified atom stereocenters. The van der Waals surface area contributed by atoms with Crippen LogP contribution in [0.4, 0.5) is 5.82 Å². The van der Waals surface area contributed by atoms with Crippen molar-refractivity contribution in [2.24, 2.45) is 0 Å². The largest absolute Gasteiger partial charge is 0.348 e. The van der Waals surface area contributed by atoms with Crippen LogP contribution in [0.3, 0.4) is 0 Å². The number of rotatable bonds is 1. The van der Waals surface area contributed by atoms with Crippen molar-refractivity contribution in [1.29, 1.82) is 0 Å². The summed E-state index contributed by atoms with van der Waals surface area (Å²) < 4.78 is 1.36. The van der Waals surface area contributed by atoms with Gasteiger partial charge >= 0.3 is 0 Å². The van der Waals surface area contributed by atoms with Gasteiger partial charge in [0.2, 0.25) is 0 Å². The number of pyridine rings is 1. The van der Waals surface area contributed by atoms with E-state index in [4.69, 9.17) is 4.98 Å². The van der Waals surface area contributed by atoms with Gasteiger partial charge in [-0.3, -0.25) is 0 Å². The third kappa shape index (κ3) is 1.93. The summed E-state index contributed by atoms with van der Waals surface area (Å²) >= 11 is 1.82. The summed E-state index contributed by atoms with van der Waals surface area (Å²) in [5.74, 6) is 1.21. The molecule has 0 radical (unpaired) electrons. The monoisotopic (exact) mass is 287 g/mol. The molecular formula is C16H21N3S. The highest BCUT2D eigenvalue weighted by Crippen LogP contribution is 2.39. The Morgan fingerprint density at radius 2 is 2.10 bits per heavy atom. The first kappa shape index (κ1) is 12.6. The van der Waals surface area contributed by atoms with Gasteiger partial charge in [-0.05, 0) is 30.4 Å². The van der Waals surface area contributed by atoms with Crippen molar-refractivity contribution in [3.63, 3.8) is 0 Å². The lowest BCUT2D eigenvalue weighted by molar-refractivity contribution is 0.240. The molecule has 0 amide bonds. The Morgan fingerprint density at radius 1 is 1.20 bits per heavy atom. The maximum Gasteiger partial charge on any atom is 0.137 e. The van der Waals surface area contributed by atoms with Crippen LogP contribution in [0.1, 0.15) is 32.1 Å². The van der Waals surface area contributed by atoms with Gasteiger partial charge in [-0.1, -0.05) is 19.3 Å². The fourth-order valence-corrected chi connectivity index (χ4v) is 4.70. The zero-order chi connectivity index (χ0) is 13.4. The van der Waals surface area contributed by atoms with Crippen molar-refractivity contribution < 1.29 is 0 Å². The number of thiophene rings is 1. The summed E-state index contributed by atoms with van der Waals surface area (Å²) in [5.41, 5.74) is 0.305. The van der Waals surface area contributed by atoms with E-state index in [-0.39, 0.29) is 0 Å². The smallest absolute Gasteiger partial charge is 0.137 e. The van der Waals surface area contributed by atoms with Crippen LogP contribution >= 0.6 is 11.3 Å². The molecule has 3 nitrogen and oxygen atoms in total. The summed E-state index contributed by atoms with van der Waals surface area (Å²) in [6.45, 7) is 3.28. The molecule has 2 aromatic heterocycles. The molecule has 1 spiro atoms. The Kier molecular flexibility index (Phi) is 3.15. The highest BCUT2D eigenvalue weighted by Gasteiger charge is 2.40. The minimum Gasteiger partial charge on any atom is -0.348 e. The molecule has 0 bridgehead atoms. The van der Waals surface area contributed by atoms with Gasteiger partial charge in [0.15, 0.2) is 0 Å². The average Bonchev–Trinajstić information content (AvgIpc) is 2.97. The number of hydrogen-bond acceptors (Lipinski definition) is 4. The van der Waals surface area contributed by atoms with E-state index in [9.17, 15) is 0 Å². The minimum atomic E-state index is 0.305. The van der Waals surface area contributed by atoms with Crippen LogP contribution in [0.5, 0.6) is 0 Å². The van der Waals surface area contributed by atoms with Gasteiger partial charge in [0.25, 0.3) is 0 Å². The molecule has 20 heavy (non-hydrogen) atoms. The van der Waals surface area contributed by atoms with Crippen molar-refractivity contribution >= 4 is 27.2 Å². The standard InChI is InChI=1S/C16H21N3S/c1-2-6-16(7-3-1)12-17-9-10-19(16)15-13-5-11-20-14(13)4-8-18-15/h4-5,8,11,17H,1-3,6-7,9-10,12H2. The molecule has 106 valence electrons. The molecule has 4 rings (SSSR count). The number of nitrogens with one attached hydrogen (secondary N) is 1. The summed E-state index contributed by atoms with van der Waals surface area (Å²) in [5, 5.41) is 7.14. The van der Waals surface area contributed by atoms with E-state index in [1.807, 2.05) is 17.5 Å². The molecule has 1 N–H and O–H groups in total. The quantitative estimate of drug-likeness (QED) is 0.871. The molecule has 0 aromatic carbocycles. The summed E-state index contributed by atoms with van der Waals surface area (Å²) in [4.78, 5) is 7.38. The van der Waals surface area contributed by atoms with Crippen molar-refractivity contribution in [2.75, 3.05) is 24.5 Å². The molecule has 1 aliphatic carbocycles. The van der Waals surface area contributed by atoms with Crippen LogP contribution in [-0.4, -0.2) is 30.2 Å². The molecule has 2 fully saturated rings. The van der Waals surface area contributed by atoms with E-state index in [1.54, 1.807) is 0 Å². The normalized spacial score (nSPS) is 22.5. The van der Waals surface area contributed by atoms with Gasteiger partial charge in [-0.15, -0.1) is 11.3 Å². The highest BCUT2D eigenvalue weighted by atomic mass is 32.1. The van der Waals surface area contributed by atoms with Crippen LogP contribution < -0.4 is 10.2 Å². The second kappa shape index (κ2) is 5.01. The Labute approximate surface area is 124 Å². The van der Waals surface area contributed by atoms with Crippen LogP contribution in [-0.2, 0) is 0 Å². The SMILES string of the molecule is c1cc2sccc2c(N2CCNCC23CCCCC3)n1. The Balaban J connectivity index is 1.79. The lowest BCUT2D eigenvalue weighted by atomic mass is 9.79. The number of fused-ring (bicyclic) bond motifs is 1. The third-order valence-corrected chi connectivity index (χ3v) is 5.82. The van der Waals surface area contributed by atoms with Crippen LogP contribution in [0, 0.1) is 0 Å². The lowest BCUT2D eigenvalue weighted by Crippen LogP contribution is -2.62. The second-order valence-electron chi connectivity index (χ2n) is 6.08. The second-order valence-corrected chi connectivity index (χ2v) is 7.03. The minimum absolute atomic E-state index is 0.305. The van der Waals surface area contributed by atoms with Gasteiger partial charge in [0.05, 0.1) is 5.54 Å². The van der Waals surface area contributed by atoms with Gasteiger partial charge in [-0.2, -0.15) is 0 Å². The maximum absolute atomic E-state index is 4.76. The first-order valence-corrected chi connectivity index (χ1v) is 8.58. The van der Waals surface area contributed by atoms with Crippen molar-refractivity contribution in [2.45, 2.75) is 37.6 Å². The number of aromatic nitrogens is 1. The van der Waals surface area contributed by atoms with Gasteiger partial charge in [0.1, 0.15) is 5.82 Å². The van der Waals surface area contributed by atoms with E-state index in [1.165, 1.54) is 48.0 Å². The fourth-order valence-electron chi connectivity index (χ4n) is 3.93. The molecule has 3 heterocycles. The average molecular weight is 287 g/mol. The fraction of sp³-hybridized carbons (Fsp3) is 0.562. The maximum atomic E-state index is 4.76. The Morgan fingerprint density at radius 3 is 3.00 bits per heavy atom. The molecule has 4 heteroatoms. The van der Waals surface area contributed by atoms with E-state index in [0.717, 1.165) is 19.6 Å². The number of piperazine rings is 1. The number of hydrogen-bond donors (Lipinski definition) is 1. The molecule has 1 saturated carbocycles. The lowest BCUT2D eigenvalue weighted by Gasteiger charge is -2.50. The van der Waals surface area contributed by atoms with E-state index in [0.29, 0.717) is 5.54 Å². The first-order chi connectivity index (χ1) is 9.89. The van der Waals surface area contributed by atoms with Crippen LogP contribution in [0.25, 0.3) is 10.1 Å². The summed E-state index contributed by atoms with van der Waals surface area (Å²) in [6.07, 6.45) is 8.71. The number of nitrogens with zero attached hydrogens (tertiary/aromatic N) is 2. The predicted molar refractivity (Wildman–Crippen MR) is 85.7 cm³/mol. The molecule has 1 saturated heterocycles. The molecule has 1 aliphatic heterocycles. The van der Waals surface area contributed by atoms with E-state index >= 15 is 0 Å². The van der Waals surface area contributed by atoms with Gasteiger partial charge < -0.3 is 10.2 Å². The predicted octanol–water partition coefficient (Wildman–Crippen LogP) is 3.41.